The van der Waals surface area contributed by atoms with E-state index in [4.69, 9.17) is 9.47 Å². The Morgan fingerprint density at radius 3 is 2.03 bits per heavy atom. The second kappa shape index (κ2) is 13.3. The van der Waals surface area contributed by atoms with Crippen molar-refractivity contribution in [3.63, 3.8) is 0 Å². The highest BCUT2D eigenvalue weighted by Crippen LogP contribution is 2.36. The van der Waals surface area contributed by atoms with Crippen LogP contribution in [0.2, 0.25) is 0 Å². The Kier molecular flexibility index (Phi) is 10.1. The molecule has 0 bridgehead atoms. The Hall–Kier alpha value is -2.29. The molecule has 3 nitrogen and oxygen atoms in total. The zero-order chi connectivity index (χ0) is 22.6. The molecule has 174 valence electrons. The minimum atomic E-state index is -0.0965. The molecule has 2 aromatic carbocycles. The van der Waals surface area contributed by atoms with Gasteiger partial charge in [-0.1, -0.05) is 102 Å². The van der Waals surface area contributed by atoms with Crippen LogP contribution in [0.5, 0.6) is 5.75 Å². The predicted molar refractivity (Wildman–Crippen MR) is 132 cm³/mol. The molecule has 2 unspecified atom stereocenters. The first-order chi connectivity index (χ1) is 15.7. The summed E-state index contributed by atoms with van der Waals surface area (Å²) in [7, 11) is 0. The molecule has 0 amide bonds. The smallest absolute Gasteiger partial charge is 0.309 e. The maximum Gasteiger partial charge on any atom is 0.309 e. The van der Waals surface area contributed by atoms with E-state index in [0.29, 0.717) is 0 Å². The molecule has 2 aromatic rings. The average molecular weight is 437 g/mol. The van der Waals surface area contributed by atoms with Crippen molar-refractivity contribution in [2.75, 3.05) is 6.61 Å². The molecule has 1 fully saturated rings. The molecular formula is C29H40O3. The first-order valence-electron chi connectivity index (χ1n) is 12.7. The van der Waals surface area contributed by atoms with E-state index < -0.39 is 0 Å². The van der Waals surface area contributed by atoms with Gasteiger partial charge in [0.1, 0.15) is 11.9 Å². The Balaban J connectivity index is 1.47. The summed E-state index contributed by atoms with van der Waals surface area (Å²) in [4.78, 5) is 12.2. The molecule has 3 rings (SSSR count). The summed E-state index contributed by atoms with van der Waals surface area (Å²) < 4.78 is 11.6. The fourth-order valence-electron chi connectivity index (χ4n) is 4.43. The molecule has 1 aliphatic rings. The fourth-order valence-corrected chi connectivity index (χ4v) is 4.43. The van der Waals surface area contributed by atoms with Crippen LogP contribution < -0.4 is 4.74 Å². The average Bonchev–Trinajstić information content (AvgIpc) is 3.20. The molecular weight excluding hydrogens is 396 g/mol. The number of hydrogen-bond donors (Lipinski definition) is 0. The summed E-state index contributed by atoms with van der Waals surface area (Å²) in [5, 5.41) is 0. The van der Waals surface area contributed by atoms with Gasteiger partial charge in [-0.25, -0.2) is 0 Å². The molecule has 2 atom stereocenters. The Morgan fingerprint density at radius 1 is 0.781 bits per heavy atom. The lowest BCUT2D eigenvalue weighted by atomic mass is 9.94. The summed E-state index contributed by atoms with van der Waals surface area (Å²) in [6, 6.07) is 16.8. The molecule has 1 saturated heterocycles. The first kappa shape index (κ1) is 24.4. The zero-order valence-corrected chi connectivity index (χ0v) is 20.0. The summed E-state index contributed by atoms with van der Waals surface area (Å²) in [6.07, 6.45) is 12.7. The van der Waals surface area contributed by atoms with Crippen molar-refractivity contribution in [2.24, 2.45) is 5.92 Å². The van der Waals surface area contributed by atoms with E-state index in [1.807, 2.05) is 0 Å². The molecule has 0 aromatic heterocycles. The third-order valence-corrected chi connectivity index (χ3v) is 6.48. The van der Waals surface area contributed by atoms with E-state index in [1.54, 1.807) is 0 Å². The molecule has 0 N–H and O–H groups in total. The Morgan fingerprint density at radius 2 is 1.38 bits per heavy atom. The number of ether oxygens (including phenoxy) is 2. The van der Waals surface area contributed by atoms with E-state index in [9.17, 15) is 4.79 Å². The monoisotopic (exact) mass is 436 g/mol. The summed E-state index contributed by atoms with van der Waals surface area (Å²) in [5.41, 5.74) is 3.44. The molecule has 0 aliphatic carbocycles. The molecule has 32 heavy (non-hydrogen) atoms. The zero-order valence-electron chi connectivity index (χ0n) is 20.0. The number of esters is 1. The minimum absolute atomic E-state index is 0.0171. The predicted octanol–water partition coefficient (Wildman–Crippen LogP) is 8.28. The molecule has 3 heteroatoms. The molecule has 0 saturated carbocycles. The van der Waals surface area contributed by atoms with Crippen molar-refractivity contribution >= 4 is 5.97 Å². The van der Waals surface area contributed by atoms with Crippen molar-refractivity contribution < 1.29 is 14.3 Å². The largest absolute Gasteiger partial charge is 0.494 e. The van der Waals surface area contributed by atoms with Crippen molar-refractivity contribution in [3.05, 3.63) is 54.1 Å². The van der Waals surface area contributed by atoms with Crippen LogP contribution in [0.4, 0.5) is 0 Å². The summed E-state index contributed by atoms with van der Waals surface area (Å²) in [5.74, 6) is 0.982. The van der Waals surface area contributed by atoms with Crippen molar-refractivity contribution in [3.8, 4) is 16.9 Å². The van der Waals surface area contributed by atoms with E-state index in [1.165, 1.54) is 56.1 Å². The van der Waals surface area contributed by atoms with Gasteiger partial charge < -0.3 is 9.47 Å². The van der Waals surface area contributed by atoms with E-state index >= 15 is 0 Å². The first-order valence-corrected chi connectivity index (χ1v) is 12.7. The standard InChI is InChI=1S/C29H40O3/c1-3-5-7-9-11-21-31-27-19-17-24(18-20-27)23-13-15-25(16-14-23)28-22-26(29(30)32-28)12-10-8-6-4-2/h13-20,26,28H,3-12,21-22H2,1-2H3. The van der Waals surface area contributed by atoms with E-state index in [2.05, 4.69) is 62.4 Å². The van der Waals surface area contributed by atoms with Gasteiger partial charge in [-0.15, -0.1) is 0 Å². The lowest BCUT2D eigenvalue weighted by Gasteiger charge is -2.11. The third kappa shape index (κ3) is 7.39. The van der Waals surface area contributed by atoms with Crippen LogP contribution in [0.3, 0.4) is 0 Å². The highest BCUT2D eigenvalue weighted by molar-refractivity contribution is 5.75. The second-order valence-corrected chi connectivity index (χ2v) is 9.12. The van der Waals surface area contributed by atoms with Crippen LogP contribution in [0.25, 0.3) is 11.1 Å². The van der Waals surface area contributed by atoms with Crippen molar-refractivity contribution in [1.82, 2.24) is 0 Å². The summed E-state index contributed by atoms with van der Waals surface area (Å²) in [6.45, 7) is 5.24. The van der Waals surface area contributed by atoms with Gasteiger partial charge in [0.05, 0.1) is 12.5 Å². The van der Waals surface area contributed by atoms with Crippen LogP contribution in [0, 0.1) is 5.92 Å². The molecule has 1 aliphatic heterocycles. The lowest BCUT2D eigenvalue weighted by Crippen LogP contribution is -2.06. The van der Waals surface area contributed by atoms with Crippen LogP contribution in [0.15, 0.2) is 48.5 Å². The fraction of sp³-hybridized carbons (Fsp3) is 0.552. The van der Waals surface area contributed by atoms with Crippen LogP contribution >= 0.6 is 0 Å². The van der Waals surface area contributed by atoms with Gasteiger partial charge in [-0.05, 0) is 41.7 Å². The van der Waals surface area contributed by atoms with E-state index in [0.717, 1.165) is 43.6 Å². The quantitative estimate of drug-likeness (QED) is 0.221. The van der Waals surface area contributed by atoms with Crippen molar-refractivity contribution in [1.29, 1.82) is 0 Å². The Labute approximate surface area is 194 Å². The van der Waals surface area contributed by atoms with Gasteiger partial charge in [-0.2, -0.15) is 0 Å². The van der Waals surface area contributed by atoms with Crippen LogP contribution in [-0.2, 0) is 9.53 Å². The number of rotatable bonds is 14. The normalized spacial score (nSPS) is 18.0. The number of benzene rings is 2. The van der Waals surface area contributed by atoms with Gasteiger partial charge in [-0.3, -0.25) is 4.79 Å². The SMILES string of the molecule is CCCCCCCOc1ccc(-c2ccc(C3CC(CCCCCC)C(=O)O3)cc2)cc1. The topological polar surface area (TPSA) is 35.5 Å². The van der Waals surface area contributed by atoms with Gasteiger partial charge in [0.25, 0.3) is 0 Å². The van der Waals surface area contributed by atoms with Gasteiger partial charge in [0.2, 0.25) is 0 Å². The van der Waals surface area contributed by atoms with Gasteiger partial charge in [0, 0.05) is 6.42 Å². The van der Waals surface area contributed by atoms with Gasteiger partial charge >= 0.3 is 5.97 Å². The highest BCUT2D eigenvalue weighted by atomic mass is 16.6. The van der Waals surface area contributed by atoms with Crippen LogP contribution in [0.1, 0.15) is 96.1 Å². The van der Waals surface area contributed by atoms with Gasteiger partial charge in [0.15, 0.2) is 0 Å². The number of hydrogen-bond acceptors (Lipinski definition) is 3. The number of unbranched alkanes of at least 4 members (excludes halogenated alkanes) is 7. The Bertz CT molecular complexity index is 794. The summed E-state index contributed by atoms with van der Waals surface area (Å²) >= 11 is 0. The third-order valence-electron chi connectivity index (χ3n) is 6.48. The van der Waals surface area contributed by atoms with Crippen LogP contribution in [-0.4, -0.2) is 12.6 Å². The molecule has 0 spiro atoms. The molecule has 1 heterocycles. The van der Waals surface area contributed by atoms with Crippen molar-refractivity contribution in [2.45, 2.75) is 90.6 Å². The number of cyclic esters (lactones) is 1. The number of carbonyl (C=O) groups excluding carboxylic acids is 1. The van der Waals surface area contributed by atoms with E-state index in [-0.39, 0.29) is 18.0 Å². The minimum Gasteiger partial charge on any atom is -0.494 e. The highest BCUT2D eigenvalue weighted by Gasteiger charge is 2.34. The maximum atomic E-state index is 12.2. The lowest BCUT2D eigenvalue weighted by molar-refractivity contribution is -0.144. The second-order valence-electron chi connectivity index (χ2n) is 9.12. The maximum absolute atomic E-state index is 12.2. The number of carbonyl (C=O) groups is 1. The molecule has 0 radical (unpaired) electrons.